The molecule has 2 heterocycles. The second-order valence-electron chi connectivity index (χ2n) is 9.13. The summed E-state index contributed by atoms with van der Waals surface area (Å²) in [6.45, 7) is 9.79. The lowest BCUT2D eigenvalue weighted by Gasteiger charge is -2.26. The molecule has 1 aliphatic rings. The van der Waals surface area contributed by atoms with E-state index >= 15 is 0 Å². The first kappa shape index (κ1) is 24.0. The maximum Gasteiger partial charge on any atom is 0.286 e. The smallest absolute Gasteiger partial charge is 0.286 e. The molecular formula is C28H34N2O4. The SMILES string of the molecule is CC(C)(c1ccccc1)c1ccc(OCc2ccc(C(=O)NCCCN3CCOCC3)o2)cc1. The highest BCUT2D eigenvalue weighted by Crippen LogP contribution is 2.32. The monoisotopic (exact) mass is 462 g/mol. The van der Waals surface area contributed by atoms with Gasteiger partial charge < -0.3 is 19.2 Å². The Morgan fingerprint density at radius 2 is 1.68 bits per heavy atom. The third-order valence-corrected chi connectivity index (χ3v) is 6.38. The third kappa shape index (κ3) is 6.27. The van der Waals surface area contributed by atoms with E-state index in [2.05, 4.69) is 60.5 Å². The Kier molecular flexibility index (Phi) is 8.03. The summed E-state index contributed by atoms with van der Waals surface area (Å²) in [4.78, 5) is 14.7. The van der Waals surface area contributed by atoms with Crippen molar-refractivity contribution in [3.63, 3.8) is 0 Å². The van der Waals surface area contributed by atoms with Crippen LogP contribution in [0.1, 0.15) is 47.7 Å². The molecule has 0 saturated carbocycles. The number of hydrogen-bond acceptors (Lipinski definition) is 5. The average Bonchev–Trinajstić information content (AvgIpc) is 3.36. The summed E-state index contributed by atoms with van der Waals surface area (Å²) in [5.41, 5.74) is 2.40. The van der Waals surface area contributed by atoms with Crippen molar-refractivity contribution < 1.29 is 18.7 Å². The molecule has 1 saturated heterocycles. The van der Waals surface area contributed by atoms with Crippen LogP contribution < -0.4 is 10.1 Å². The van der Waals surface area contributed by atoms with Crippen molar-refractivity contribution in [2.45, 2.75) is 32.3 Å². The molecule has 0 spiro atoms. The Labute approximate surface area is 201 Å². The van der Waals surface area contributed by atoms with E-state index in [4.69, 9.17) is 13.9 Å². The summed E-state index contributed by atoms with van der Waals surface area (Å²) in [6.07, 6.45) is 0.902. The highest BCUT2D eigenvalue weighted by molar-refractivity contribution is 5.91. The molecule has 1 fully saturated rings. The molecule has 6 heteroatoms. The van der Waals surface area contributed by atoms with Gasteiger partial charge >= 0.3 is 0 Å². The van der Waals surface area contributed by atoms with Gasteiger partial charge in [-0.3, -0.25) is 9.69 Å². The molecule has 6 nitrogen and oxygen atoms in total. The van der Waals surface area contributed by atoms with E-state index in [1.165, 1.54) is 11.1 Å². The van der Waals surface area contributed by atoms with E-state index in [0.29, 0.717) is 18.1 Å². The lowest BCUT2D eigenvalue weighted by molar-refractivity contribution is 0.0374. The number of nitrogens with one attached hydrogen (secondary N) is 1. The fourth-order valence-electron chi connectivity index (χ4n) is 4.14. The summed E-state index contributed by atoms with van der Waals surface area (Å²) in [7, 11) is 0. The van der Waals surface area contributed by atoms with Crippen LogP contribution in [0.3, 0.4) is 0 Å². The molecule has 0 atom stereocenters. The summed E-state index contributed by atoms with van der Waals surface area (Å²) < 4.78 is 16.9. The number of nitrogens with zero attached hydrogens (tertiary/aromatic N) is 1. The Morgan fingerprint density at radius 1 is 0.971 bits per heavy atom. The predicted molar refractivity (Wildman–Crippen MR) is 132 cm³/mol. The molecule has 3 aromatic rings. The van der Waals surface area contributed by atoms with Crippen LogP contribution in [0, 0.1) is 0 Å². The fraction of sp³-hybridized carbons (Fsp3) is 0.393. The molecular weight excluding hydrogens is 428 g/mol. The molecule has 0 radical (unpaired) electrons. The maximum absolute atomic E-state index is 12.4. The van der Waals surface area contributed by atoms with E-state index in [-0.39, 0.29) is 17.9 Å². The van der Waals surface area contributed by atoms with Gasteiger partial charge in [0.1, 0.15) is 18.1 Å². The van der Waals surface area contributed by atoms with Gasteiger partial charge in [0, 0.05) is 25.0 Å². The predicted octanol–water partition coefficient (Wildman–Crippen LogP) is 4.64. The molecule has 0 unspecified atom stereocenters. The molecule has 0 aliphatic carbocycles. The highest BCUT2D eigenvalue weighted by atomic mass is 16.5. The van der Waals surface area contributed by atoms with Crippen LogP contribution in [0.25, 0.3) is 0 Å². The number of carbonyl (C=O) groups is 1. The molecule has 34 heavy (non-hydrogen) atoms. The summed E-state index contributed by atoms with van der Waals surface area (Å²) in [5, 5.41) is 2.93. The average molecular weight is 463 g/mol. The highest BCUT2D eigenvalue weighted by Gasteiger charge is 2.22. The van der Waals surface area contributed by atoms with Crippen molar-refractivity contribution in [2.24, 2.45) is 0 Å². The largest absolute Gasteiger partial charge is 0.486 e. The van der Waals surface area contributed by atoms with Gasteiger partial charge in [-0.05, 0) is 48.4 Å². The lowest BCUT2D eigenvalue weighted by atomic mass is 9.78. The first-order chi connectivity index (χ1) is 16.5. The van der Waals surface area contributed by atoms with Crippen LogP contribution in [0.4, 0.5) is 0 Å². The minimum atomic E-state index is -0.194. The quantitative estimate of drug-likeness (QED) is 0.445. The molecule has 1 amide bonds. The number of benzene rings is 2. The van der Waals surface area contributed by atoms with Crippen LogP contribution >= 0.6 is 0 Å². The van der Waals surface area contributed by atoms with Crippen molar-refractivity contribution in [1.82, 2.24) is 10.2 Å². The number of furan rings is 1. The Bertz CT molecular complexity index is 1040. The molecule has 4 rings (SSSR count). The van der Waals surface area contributed by atoms with E-state index in [0.717, 1.165) is 45.0 Å². The zero-order chi connectivity index (χ0) is 23.8. The number of morpholine rings is 1. The number of carbonyl (C=O) groups excluding carboxylic acids is 1. The van der Waals surface area contributed by atoms with Gasteiger partial charge in [-0.25, -0.2) is 0 Å². The van der Waals surface area contributed by atoms with Gasteiger partial charge in [0.25, 0.3) is 5.91 Å². The van der Waals surface area contributed by atoms with Gasteiger partial charge in [0.05, 0.1) is 13.2 Å². The van der Waals surface area contributed by atoms with Crippen molar-refractivity contribution >= 4 is 5.91 Å². The number of rotatable bonds is 10. The van der Waals surface area contributed by atoms with Crippen molar-refractivity contribution in [1.29, 1.82) is 0 Å². The number of ether oxygens (including phenoxy) is 2. The van der Waals surface area contributed by atoms with Gasteiger partial charge in [-0.2, -0.15) is 0 Å². The Morgan fingerprint density at radius 3 is 2.41 bits per heavy atom. The zero-order valence-corrected chi connectivity index (χ0v) is 20.1. The third-order valence-electron chi connectivity index (χ3n) is 6.38. The molecule has 1 aliphatic heterocycles. The van der Waals surface area contributed by atoms with Crippen LogP contribution in [-0.4, -0.2) is 50.2 Å². The fourth-order valence-corrected chi connectivity index (χ4v) is 4.14. The van der Waals surface area contributed by atoms with Gasteiger partial charge in [-0.1, -0.05) is 56.3 Å². The van der Waals surface area contributed by atoms with Gasteiger partial charge in [-0.15, -0.1) is 0 Å². The van der Waals surface area contributed by atoms with Crippen molar-refractivity contribution in [3.05, 3.63) is 89.4 Å². The second-order valence-corrected chi connectivity index (χ2v) is 9.13. The van der Waals surface area contributed by atoms with Crippen LogP contribution in [-0.2, 0) is 16.8 Å². The van der Waals surface area contributed by atoms with E-state index in [1.807, 2.05) is 18.2 Å². The molecule has 0 bridgehead atoms. The first-order valence-electron chi connectivity index (χ1n) is 12.0. The Hall–Kier alpha value is -3.09. The second kappa shape index (κ2) is 11.4. The Balaban J connectivity index is 1.23. The van der Waals surface area contributed by atoms with Crippen molar-refractivity contribution in [3.8, 4) is 5.75 Å². The van der Waals surface area contributed by atoms with Gasteiger partial charge in [0.2, 0.25) is 0 Å². The number of hydrogen-bond donors (Lipinski definition) is 1. The number of amides is 1. The van der Waals surface area contributed by atoms with E-state index < -0.39 is 0 Å². The molecule has 1 N–H and O–H groups in total. The summed E-state index contributed by atoms with van der Waals surface area (Å²) in [6, 6.07) is 22.1. The molecule has 1 aromatic heterocycles. The standard InChI is InChI=1S/C28H34N2O4/c1-28(2,22-7-4-3-5-8-22)23-9-11-24(12-10-23)33-21-25-13-14-26(34-25)27(31)29-15-6-16-30-17-19-32-20-18-30/h3-5,7-14H,6,15-21H2,1-2H3,(H,29,31). The first-order valence-corrected chi connectivity index (χ1v) is 12.0. The van der Waals surface area contributed by atoms with Crippen molar-refractivity contribution in [2.75, 3.05) is 39.4 Å². The molecule has 2 aromatic carbocycles. The zero-order valence-electron chi connectivity index (χ0n) is 20.1. The van der Waals surface area contributed by atoms with Gasteiger partial charge in [0.15, 0.2) is 5.76 Å². The summed E-state index contributed by atoms with van der Waals surface area (Å²) >= 11 is 0. The minimum absolute atomic E-state index is 0.0920. The maximum atomic E-state index is 12.4. The summed E-state index contributed by atoms with van der Waals surface area (Å²) in [5.74, 6) is 1.50. The normalized spacial score (nSPS) is 14.6. The topological polar surface area (TPSA) is 63.9 Å². The minimum Gasteiger partial charge on any atom is -0.486 e. The van der Waals surface area contributed by atoms with E-state index in [9.17, 15) is 4.79 Å². The van der Waals surface area contributed by atoms with Crippen LogP contribution in [0.5, 0.6) is 5.75 Å². The lowest BCUT2D eigenvalue weighted by Crippen LogP contribution is -2.38. The van der Waals surface area contributed by atoms with E-state index in [1.54, 1.807) is 12.1 Å². The molecule has 180 valence electrons. The van der Waals surface area contributed by atoms with Crippen LogP contribution in [0.15, 0.2) is 71.1 Å². The van der Waals surface area contributed by atoms with Crippen LogP contribution in [0.2, 0.25) is 0 Å².